The third-order valence-corrected chi connectivity index (χ3v) is 4.69. The summed E-state index contributed by atoms with van der Waals surface area (Å²) in [7, 11) is 0. The second kappa shape index (κ2) is 5.82. The molecule has 0 radical (unpaired) electrons. The van der Waals surface area contributed by atoms with Crippen molar-refractivity contribution in [3.63, 3.8) is 0 Å². The zero-order valence-corrected chi connectivity index (χ0v) is 12.4. The Morgan fingerprint density at radius 1 is 1.48 bits per heavy atom. The van der Waals surface area contributed by atoms with Crippen LogP contribution in [0.1, 0.15) is 0 Å². The van der Waals surface area contributed by atoms with Crippen LogP contribution in [-0.4, -0.2) is 59.8 Å². The molecule has 2 aromatic rings. The lowest BCUT2D eigenvalue weighted by molar-refractivity contribution is -0.148. The molecule has 0 aliphatic carbocycles. The molecule has 1 fully saturated rings. The number of rotatable bonds is 4. The second-order valence-electron chi connectivity index (χ2n) is 4.37. The predicted octanol–water partition coefficient (Wildman–Crippen LogP) is 0.388. The number of hydrogen-bond donors (Lipinski definition) is 1. The quantitative estimate of drug-likeness (QED) is 0.867. The van der Waals surface area contributed by atoms with Crippen LogP contribution < -0.4 is 0 Å². The van der Waals surface area contributed by atoms with Crippen LogP contribution in [0.3, 0.4) is 0 Å². The number of carbonyl (C=O) groups is 2. The van der Waals surface area contributed by atoms with E-state index in [2.05, 4.69) is 15.4 Å². The summed E-state index contributed by atoms with van der Waals surface area (Å²) in [4.78, 5) is 25.7. The highest BCUT2D eigenvalue weighted by molar-refractivity contribution is 7.99. The summed E-state index contributed by atoms with van der Waals surface area (Å²) >= 11 is 2.94. The van der Waals surface area contributed by atoms with Gasteiger partial charge in [0, 0.05) is 16.7 Å². The maximum absolute atomic E-state index is 12.1. The maximum atomic E-state index is 12.1. The molecule has 0 unspecified atom stereocenters. The fraction of sp³-hybridized carbons (Fsp3) is 0.364. The van der Waals surface area contributed by atoms with Gasteiger partial charge in [0.1, 0.15) is 12.6 Å². The van der Waals surface area contributed by atoms with Crippen LogP contribution in [-0.2, 0) is 16.1 Å². The van der Waals surface area contributed by atoms with E-state index in [1.807, 2.05) is 16.8 Å². The van der Waals surface area contributed by atoms with Gasteiger partial charge < -0.3 is 10.0 Å². The zero-order chi connectivity index (χ0) is 14.8. The molecule has 1 amide bonds. The van der Waals surface area contributed by atoms with Gasteiger partial charge in [-0.2, -0.15) is 16.1 Å². The summed E-state index contributed by atoms with van der Waals surface area (Å²) in [5, 5.41) is 24.7. The largest absolute Gasteiger partial charge is 0.480 e. The van der Waals surface area contributed by atoms with Crippen LogP contribution in [0.2, 0.25) is 0 Å². The van der Waals surface area contributed by atoms with Crippen molar-refractivity contribution in [3.8, 4) is 11.4 Å². The Bertz CT molecular complexity index is 657. The number of nitrogens with zero attached hydrogens (tertiary/aromatic N) is 5. The van der Waals surface area contributed by atoms with E-state index in [0.717, 1.165) is 5.56 Å². The third kappa shape index (κ3) is 2.90. The summed E-state index contributed by atoms with van der Waals surface area (Å²) in [6.07, 6.45) is 0. The second-order valence-corrected chi connectivity index (χ2v) is 6.15. The lowest BCUT2D eigenvalue weighted by Gasteiger charge is -2.19. The summed E-state index contributed by atoms with van der Waals surface area (Å²) in [5.74, 6) is -0.0661. The van der Waals surface area contributed by atoms with E-state index in [-0.39, 0.29) is 12.5 Å². The molecule has 1 saturated heterocycles. The Kier molecular flexibility index (Phi) is 3.88. The molecule has 1 aliphatic rings. The van der Waals surface area contributed by atoms with Crippen molar-refractivity contribution in [2.24, 2.45) is 0 Å². The first-order valence-corrected chi connectivity index (χ1v) is 8.15. The number of hydrogen-bond acceptors (Lipinski definition) is 7. The number of carbonyl (C=O) groups excluding carboxylic acids is 1. The molecular formula is C11H11N5O3S2. The minimum absolute atomic E-state index is 0.110. The van der Waals surface area contributed by atoms with Gasteiger partial charge in [-0.1, -0.05) is 0 Å². The van der Waals surface area contributed by atoms with Gasteiger partial charge >= 0.3 is 5.97 Å². The first-order chi connectivity index (χ1) is 10.1. The smallest absolute Gasteiger partial charge is 0.327 e. The first kappa shape index (κ1) is 14.0. The van der Waals surface area contributed by atoms with Crippen LogP contribution in [0.4, 0.5) is 0 Å². The van der Waals surface area contributed by atoms with Gasteiger partial charge in [-0.3, -0.25) is 4.79 Å². The van der Waals surface area contributed by atoms with Gasteiger partial charge in [-0.05, 0) is 16.7 Å². The van der Waals surface area contributed by atoms with Gasteiger partial charge in [0.05, 0.1) is 5.88 Å². The summed E-state index contributed by atoms with van der Waals surface area (Å²) in [6, 6.07) is 1.09. The average molecular weight is 325 g/mol. The van der Waals surface area contributed by atoms with E-state index in [4.69, 9.17) is 5.11 Å². The number of amides is 1. The molecule has 0 spiro atoms. The molecule has 2 aromatic heterocycles. The lowest BCUT2D eigenvalue weighted by atomic mass is 10.3. The molecule has 110 valence electrons. The fourth-order valence-electron chi connectivity index (χ4n) is 1.92. The number of aromatic nitrogens is 4. The van der Waals surface area contributed by atoms with Gasteiger partial charge in [0.25, 0.3) is 0 Å². The first-order valence-electron chi connectivity index (χ1n) is 6.05. The molecule has 10 heteroatoms. The maximum Gasteiger partial charge on any atom is 0.327 e. The Labute approximate surface area is 127 Å². The minimum Gasteiger partial charge on any atom is -0.480 e. The Balaban J connectivity index is 1.69. The highest BCUT2D eigenvalue weighted by atomic mass is 32.2. The van der Waals surface area contributed by atoms with Crippen LogP contribution in [0.25, 0.3) is 11.4 Å². The molecule has 1 atom stereocenters. The van der Waals surface area contributed by atoms with Crippen molar-refractivity contribution in [1.29, 1.82) is 0 Å². The monoisotopic (exact) mass is 325 g/mol. The van der Waals surface area contributed by atoms with E-state index >= 15 is 0 Å². The lowest BCUT2D eigenvalue weighted by Crippen LogP contribution is -2.43. The van der Waals surface area contributed by atoms with E-state index < -0.39 is 12.0 Å². The molecular weight excluding hydrogens is 314 g/mol. The van der Waals surface area contributed by atoms with Crippen molar-refractivity contribution in [2.75, 3.05) is 11.6 Å². The average Bonchev–Trinajstić information content (AvgIpc) is 3.19. The fourth-order valence-corrected chi connectivity index (χ4v) is 3.73. The highest BCUT2D eigenvalue weighted by Crippen LogP contribution is 2.21. The van der Waals surface area contributed by atoms with Crippen molar-refractivity contribution in [3.05, 3.63) is 16.8 Å². The van der Waals surface area contributed by atoms with Crippen molar-refractivity contribution in [2.45, 2.75) is 12.6 Å². The summed E-state index contributed by atoms with van der Waals surface area (Å²) in [6.45, 7) is -0.110. The predicted molar refractivity (Wildman–Crippen MR) is 76.7 cm³/mol. The molecule has 8 nitrogen and oxygen atoms in total. The van der Waals surface area contributed by atoms with Crippen molar-refractivity contribution >= 4 is 35.0 Å². The van der Waals surface area contributed by atoms with Crippen LogP contribution in [0.5, 0.6) is 0 Å². The molecule has 0 saturated carbocycles. The number of thioether (sulfide) groups is 1. The van der Waals surface area contributed by atoms with E-state index in [1.54, 1.807) is 0 Å². The highest BCUT2D eigenvalue weighted by Gasteiger charge is 2.34. The molecule has 1 aliphatic heterocycles. The molecule has 1 N–H and O–H groups in total. The standard InChI is InChI=1S/C11H11N5O3S2/c17-9(15-6-21-5-8(15)11(18)19)3-16-13-10(12-14-16)7-1-2-20-4-7/h1-2,4,8H,3,5-6H2,(H,18,19)/t8-/m0/s1. The SMILES string of the molecule is O=C(O)[C@@H]1CSCN1C(=O)Cn1nnc(-c2ccsc2)n1. The van der Waals surface area contributed by atoms with Gasteiger partial charge in [0.15, 0.2) is 0 Å². The molecule has 0 bridgehead atoms. The Morgan fingerprint density at radius 2 is 2.33 bits per heavy atom. The number of carboxylic acid groups (broad SMARTS) is 1. The van der Waals surface area contributed by atoms with Gasteiger partial charge in [-0.25, -0.2) is 4.79 Å². The molecule has 3 heterocycles. The third-order valence-electron chi connectivity index (χ3n) is 3.00. The summed E-state index contributed by atoms with van der Waals surface area (Å²) < 4.78 is 0. The van der Waals surface area contributed by atoms with Crippen molar-refractivity contribution < 1.29 is 14.7 Å². The Hall–Kier alpha value is -1.94. The van der Waals surface area contributed by atoms with E-state index in [1.165, 1.54) is 32.8 Å². The van der Waals surface area contributed by atoms with E-state index in [9.17, 15) is 9.59 Å². The van der Waals surface area contributed by atoms with E-state index in [0.29, 0.717) is 17.5 Å². The minimum atomic E-state index is -0.987. The molecule has 21 heavy (non-hydrogen) atoms. The van der Waals surface area contributed by atoms with Gasteiger partial charge in [0.2, 0.25) is 11.7 Å². The number of thiophene rings is 1. The Morgan fingerprint density at radius 3 is 3.05 bits per heavy atom. The summed E-state index contributed by atoms with van der Waals surface area (Å²) in [5.41, 5.74) is 0.846. The normalized spacial score (nSPS) is 18.1. The van der Waals surface area contributed by atoms with Crippen LogP contribution in [0, 0.1) is 0 Å². The molecule has 0 aromatic carbocycles. The number of carboxylic acids is 1. The molecule has 3 rings (SSSR count). The number of tetrazole rings is 1. The van der Waals surface area contributed by atoms with Crippen molar-refractivity contribution in [1.82, 2.24) is 25.1 Å². The zero-order valence-electron chi connectivity index (χ0n) is 10.7. The van der Waals surface area contributed by atoms with Crippen LogP contribution in [0.15, 0.2) is 16.8 Å². The topological polar surface area (TPSA) is 101 Å². The van der Waals surface area contributed by atoms with Crippen LogP contribution >= 0.6 is 23.1 Å². The number of aliphatic carboxylic acids is 1. The van der Waals surface area contributed by atoms with Gasteiger partial charge in [-0.15, -0.1) is 22.0 Å².